The minimum absolute atomic E-state index is 0.0800. The zero-order valence-corrected chi connectivity index (χ0v) is 9.14. The normalized spacial score (nSPS) is 12.4. The van der Waals surface area contributed by atoms with Gasteiger partial charge in [0.25, 0.3) is 0 Å². The third kappa shape index (κ3) is 3.12. The van der Waals surface area contributed by atoms with Crippen LogP contribution in [-0.2, 0) is 4.79 Å². The van der Waals surface area contributed by atoms with Crippen molar-refractivity contribution in [3.8, 4) is 0 Å². The van der Waals surface area contributed by atoms with Gasteiger partial charge >= 0.3 is 0 Å². The highest BCUT2D eigenvalue weighted by Gasteiger charge is 2.14. The fraction of sp³-hybridized carbons (Fsp3) is 0.500. The van der Waals surface area contributed by atoms with E-state index in [-0.39, 0.29) is 11.8 Å². The van der Waals surface area contributed by atoms with Gasteiger partial charge in [0, 0.05) is 30.3 Å². The minimum Gasteiger partial charge on any atom is -0.356 e. The molecule has 0 aliphatic rings. The first-order chi connectivity index (χ1) is 6.77. The Hall–Kier alpha value is -0.870. The van der Waals surface area contributed by atoms with E-state index in [4.69, 9.17) is 5.73 Å². The maximum Gasteiger partial charge on any atom is 0.220 e. The van der Waals surface area contributed by atoms with Crippen LogP contribution in [-0.4, -0.2) is 19.0 Å². The van der Waals surface area contributed by atoms with Gasteiger partial charge in [-0.25, -0.2) is 0 Å². The highest BCUT2D eigenvalue weighted by Crippen LogP contribution is 2.22. The van der Waals surface area contributed by atoms with Crippen molar-refractivity contribution >= 4 is 17.2 Å². The molecule has 1 aromatic rings. The number of hydrogen-bond donors (Lipinski definition) is 2. The van der Waals surface area contributed by atoms with Crippen LogP contribution in [0.3, 0.4) is 0 Å². The molecule has 0 fully saturated rings. The molecule has 0 aromatic carbocycles. The van der Waals surface area contributed by atoms with E-state index in [2.05, 4.69) is 5.32 Å². The van der Waals surface area contributed by atoms with Gasteiger partial charge in [-0.1, -0.05) is 6.07 Å². The Kier molecular flexibility index (Phi) is 4.62. The number of amides is 1. The number of nitrogens with one attached hydrogen (secondary N) is 1. The van der Waals surface area contributed by atoms with E-state index in [1.54, 1.807) is 11.3 Å². The van der Waals surface area contributed by atoms with Crippen LogP contribution in [0.2, 0.25) is 0 Å². The molecule has 0 radical (unpaired) electrons. The zero-order chi connectivity index (χ0) is 10.4. The third-order valence-corrected chi connectivity index (χ3v) is 3.07. The molecule has 1 heterocycles. The molecule has 3 nitrogen and oxygen atoms in total. The first kappa shape index (κ1) is 11.2. The Morgan fingerprint density at radius 2 is 2.50 bits per heavy atom. The van der Waals surface area contributed by atoms with E-state index in [9.17, 15) is 4.79 Å². The van der Waals surface area contributed by atoms with Crippen molar-refractivity contribution in [2.75, 3.05) is 13.1 Å². The number of nitrogens with two attached hydrogens (primary N) is 1. The van der Waals surface area contributed by atoms with E-state index in [0.29, 0.717) is 19.5 Å². The maximum atomic E-state index is 11.3. The SMILES string of the molecule is CCNC(=O)CC(CN)c1cccs1. The van der Waals surface area contributed by atoms with Crippen LogP contribution in [0.5, 0.6) is 0 Å². The summed E-state index contributed by atoms with van der Waals surface area (Å²) in [4.78, 5) is 12.5. The molecule has 3 N–H and O–H groups in total. The molecule has 78 valence electrons. The topological polar surface area (TPSA) is 55.1 Å². The molecule has 0 spiro atoms. The summed E-state index contributed by atoms with van der Waals surface area (Å²) in [5.74, 6) is 0.248. The van der Waals surface area contributed by atoms with Gasteiger partial charge in [0.2, 0.25) is 5.91 Å². The molecule has 0 aliphatic carbocycles. The molecule has 1 atom stereocenters. The van der Waals surface area contributed by atoms with Gasteiger partial charge in [-0.15, -0.1) is 11.3 Å². The first-order valence-corrected chi connectivity index (χ1v) is 5.66. The van der Waals surface area contributed by atoms with Gasteiger partial charge < -0.3 is 11.1 Å². The van der Waals surface area contributed by atoms with Crippen LogP contribution in [0.25, 0.3) is 0 Å². The lowest BCUT2D eigenvalue weighted by Crippen LogP contribution is -2.26. The molecule has 1 aromatic heterocycles. The highest BCUT2D eigenvalue weighted by atomic mass is 32.1. The molecule has 0 saturated heterocycles. The van der Waals surface area contributed by atoms with Crippen molar-refractivity contribution in [2.45, 2.75) is 19.3 Å². The molecule has 0 aliphatic heterocycles. The van der Waals surface area contributed by atoms with Crippen molar-refractivity contribution in [1.29, 1.82) is 0 Å². The standard InChI is InChI=1S/C10H16N2OS/c1-2-12-10(13)6-8(7-11)9-4-3-5-14-9/h3-5,8H,2,6-7,11H2,1H3,(H,12,13). The Morgan fingerprint density at radius 3 is 3.00 bits per heavy atom. The second-order valence-corrected chi connectivity index (χ2v) is 4.08. The molecule has 1 unspecified atom stereocenters. The molecule has 0 bridgehead atoms. The predicted octanol–water partition coefficient (Wildman–Crippen LogP) is 1.32. The summed E-state index contributed by atoms with van der Waals surface area (Å²) in [5.41, 5.74) is 5.64. The van der Waals surface area contributed by atoms with Crippen LogP contribution >= 0.6 is 11.3 Å². The summed E-state index contributed by atoms with van der Waals surface area (Å²) < 4.78 is 0. The largest absolute Gasteiger partial charge is 0.356 e. The lowest BCUT2D eigenvalue weighted by Gasteiger charge is -2.11. The summed E-state index contributed by atoms with van der Waals surface area (Å²) >= 11 is 1.66. The average molecular weight is 212 g/mol. The molecule has 4 heteroatoms. The maximum absolute atomic E-state index is 11.3. The van der Waals surface area contributed by atoms with Crippen molar-refractivity contribution in [3.63, 3.8) is 0 Å². The molecule has 1 amide bonds. The van der Waals surface area contributed by atoms with Crippen molar-refractivity contribution < 1.29 is 4.79 Å². The van der Waals surface area contributed by atoms with E-state index < -0.39 is 0 Å². The monoisotopic (exact) mass is 212 g/mol. The third-order valence-electron chi connectivity index (χ3n) is 2.04. The van der Waals surface area contributed by atoms with Gasteiger partial charge in [-0.3, -0.25) is 4.79 Å². The van der Waals surface area contributed by atoms with Crippen LogP contribution in [0.4, 0.5) is 0 Å². The minimum atomic E-state index is 0.0800. The molecule has 14 heavy (non-hydrogen) atoms. The van der Waals surface area contributed by atoms with Crippen molar-refractivity contribution in [2.24, 2.45) is 5.73 Å². The Labute approximate surface area is 88.3 Å². The predicted molar refractivity (Wildman–Crippen MR) is 59.4 cm³/mol. The summed E-state index contributed by atoms with van der Waals surface area (Å²) in [6.45, 7) is 3.12. The van der Waals surface area contributed by atoms with Gasteiger partial charge in [0.1, 0.15) is 0 Å². The lowest BCUT2D eigenvalue weighted by atomic mass is 10.0. The van der Waals surface area contributed by atoms with Crippen LogP contribution in [0, 0.1) is 0 Å². The summed E-state index contributed by atoms with van der Waals surface area (Å²) in [7, 11) is 0. The number of carbonyl (C=O) groups excluding carboxylic acids is 1. The van der Waals surface area contributed by atoms with Crippen LogP contribution < -0.4 is 11.1 Å². The fourth-order valence-corrected chi connectivity index (χ4v) is 2.16. The van der Waals surface area contributed by atoms with E-state index in [0.717, 1.165) is 0 Å². The number of carbonyl (C=O) groups is 1. The smallest absolute Gasteiger partial charge is 0.220 e. The molecular weight excluding hydrogens is 196 g/mol. The van der Waals surface area contributed by atoms with Crippen molar-refractivity contribution in [3.05, 3.63) is 22.4 Å². The number of thiophene rings is 1. The van der Waals surface area contributed by atoms with E-state index >= 15 is 0 Å². The van der Waals surface area contributed by atoms with E-state index in [1.165, 1.54) is 4.88 Å². The average Bonchev–Trinajstić information content (AvgIpc) is 2.67. The van der Waals surface area contributed by atoms with Crippen molar-refractivity contribution in [1.82, 2.24) is 5.32 Å². The summed E-state index contributed by atoms with van der Waals surface area (Å²) in [6, 6.07) is 4.02. The summed E-state index contributed by atoms with van der Waals surface area (Å²) in [5, 5.41) is 4.79. The zero-order valence-electron chi connectivity index (χ0n) is 8.32. The van der Waals surface area contributed by atoms with E-state index in [1.807, 2.05) is 24.4 Å². The number of rotatable bonds is 5. The second-order valence-electron chi connectivity index (χ2n) is 3.11. The molecule has 0 saturated carbocycles. The van der Waals surface area contributed by atoms with Gasteiger partial charge in [0.15, 0.2) is 0 Å². The van der Waals surface area contributed by atoms with Gasteiger partial charge in [-0.05, 0) is 18.4 Å². The molecular formula is C10H16N2OS. The highest BCUT2D eigenvalue weighted by molar-refractivity contribution is 7.10. The Balaban J connectivity index is 2.51. The van der Waals surface area contributed by atoms with Gasteiger partial charge in [0.05, 0.1) is 0 Å². The van der Waals surface area contributed by atoms with Gasteiger partial charge in [-0.2, -0.15) is 0 Å². The Morgan fingerprint density at radius 1 is 1.71 bits per heavy atom. The lowest BCUT2D eigenvalue weighted by molar-refractivity contribution is -0.121. The quantitative estimate of drug-likeness (QED) is 0.773. The fourth-order valence-electron chi connectivity index (χ4n) is 1.32. The van der Waals surface area contributed by atoms with Crippen LogP contribution in [0.1, 0.15) is 24.1 Å². The Bertz CT molecular complexity index is 272. The first-order valence-electron chi connectivity index (χ1n) is 4.78. The second kappa shape index (κ2) is 5.78. The van der Waals surface area contributed by atoms with Crippen LogP contribution in [0.15, 0.2) is 17.5 Å². The summed E-state index contributed by atoms with van der Waals surface area (Å²) in [6.07, 6.45) is 0.491. The number of hydrogen-bond acceptors (Lipinski definition) is 3. The molecule has 1 rings (SSSR count).